The Balaban J connectivity index is 2.64. The third-order valence-corrected chi connectivity index (χ3v) is 2.95. The second-order valence-electron chi connectivity index (χ2n) is 5.38. The average Bonchev–Trinajstić information content (AvgIpc) is 2.45. The summed E-state index contributed by atoms with van der Waals surface area (Å²) >= 11 is 0. The number of methoxy groups -OCH3 is 1. The van der Waals surface area contributed by atoms with E-state index in [9.17, 15) is 9.59 Å². The average molecular weight is 307 g/mol. The molecule has 0 unspecified atom stereocenters. The summed E-state index contributed by atoms with van der Waals surface area (Å²) in [5, 5.41) is 8.59. The van der Waals surface area contributed by atoms with Gasteiger partial charge in [-0.15, -0.1) is 0 Å². The van der Waals surface area contributed by atoms with E-state index in [1.165, 1.54) is 0 Å². The molecule has 0 saturated carbocycles. The summed E-state index contributed by atoms with van der Waals surface area (Å²) in [5.41, 5.74) is 2.05. The maximum absolute atomic E-state index is 12.1. The molecule has 0 atom stereocenters. The van der Waals surface area contributed by atoms with E-state index in [0.717, 1.165) is 5.56 Å². The normalized spacial score (nSPS) is 10.6. The molecule has 0 aliphatic carbocycles. The summed E-state index contributed by atoms with van der Waals surface area (Å²) in [7, 11) is 1.61. The predicted octanol–water partition coefficient (Wildman–Crippen LogP) is 1.31. The van der Waals surface area contributed by atoms with Crippen LogP contribution in [0.4, 0.5) is 5.69 Å². The molecule has 6 heteroatoms. The number of rotatable bonds is 8. The highest BCUT2D eigenvalue weighted by Gasteiger charge is 2.11. The minimum atomic E-state index is -0.157. The number of amides is 2. The maximum atomic E-state index is 12.1. The van der Waals surface area contributed by atoms with Crippen LogP contribution in [0.2, 0.25) is 0 Å². The van der Waals surface area contributed by atoms with Crippen LogP contribution in [0.5, 0.6) is 0 Å². The number of aryl methyl sites for hydroxylation is 1. The highest BCUT2D eigenvalue weighted by molar-refractivity contribution is 5.98. The highest BCUT2D eigenvalue weighted by atomic mass is 16.5. The Morgan fingerprint density at radius 1 is 1.27 bits per heavy atom. The largest absolute Gasteiger partial charge is 0.383 e. The fourth-order valence-corrected chi connectivity index (χ4v) is 1.87. The number of benzene rings is 1. The summed E-state index contributed by atoms with van der Waals surface area (Å²) < 4.78 is 4.89. The number of anilines is 1. The molecule has 0 saturated heterocycles. The van der Waals surface area contributed by atoms with Crippen LogP contribution in [0, 0.1) is 6.92 Å². The van der Waals surface area contributed by atoms with E-state index in [1.807, 2.05) is 26.8 Å². The summed E-state index contributed by atoms with van der Waals surface area (Å²) in [4.78, 5) is 23.9. The quantitative estimate of drug-likeness (QED) is 0.633. The molecule has 122 valence electrons. The van der Waals surface area contributed by atoms with Crippen molar-refractivity contribution in [2.45, 2.75) is 26.8 Å². The van der Waals surface area contributed by atoms with Gasteiger partial charge in [0.25, 0.3) is 5.91 Å². The molecule has 0 fully saturated rings. The third-order valence-electron chi connectivity index (χ3n) is 2.95. The smallest absolute Gasteiger partial charge is 0.251 e. The Morgan fingerprint density at radius 3 is 2.64 bits per heavy atom. The van der Waals surface area contributed by atoms with Gasteiger partial charge in [-0.05, 0) is 38.5 Å². The molecule has 0 aromatic heterocycles. The van der Waals surface area contributed by atoms with Crippen molar-refractivity contribution in [2.24, 2.45) is 0 Å². The van der Waals surface area contributed by atoms with Gasteiger partial charge in [-0.1, -0.05) is 6.07 Å². The van der Waals surface area contributed by atoms with Gasteiger partial charge in [-0.3, -0.25) is 9.59 Å². The first-order chi connectivity index (χ1) is 10.4. The van der Waals surface area contributed by atoms with E-state index in [4.69, 9.17) is 4.74 Å². The number of hydrogen-bond acceptors (Lipinski definition) is 4. The molecule has 0 bridgehead atoms. The number of hydrogen-bond donors (Lipinski definition) is 3. The zero-order chi connectivity index (χ0) is 16.5. The van der Waals surface area contributed by atoms with Gasteiger partial charge in [0.15, 0.2) is 0 Å². The second kappa shape index (κ2) is 9.17. The van der Waals surface area contributed by atoms with Gasteiger partial charge in [-0.2, -0.15) is 0 Å². The first-order valence-corrected chi connectivity index (χ1v) is 7.35. The summed E-state index contributed by atoms with van der Waals surface area (Å²) in [6.45, 7) is 7.05. The fraction of sp³-hybridized carbons (Fsp3) is 0.500. The van der Waals surface area contributed by atoms with Crippen molar-refractivity contribution in [1.82, 2.24) is 10.6 Å². The molecule has 2 amide bonds. The van der Waals surface area contributed by atoms with Crippen LogP contribution in [-0.4, -0.2) is 44.7 Å². The van der Waals surface area contributed by atoms with E-state index >= 15 is 0 Å². The van der Waals surface area contributed by atoms with E-state index in [2.05, 4.69) is 16.0 Å². The predicted molar refractivity (Wildman–Crippen MR) is 87.2 cm³/mol. The summed E-state index contributed by atoms with van der Waals surface area (Å²) in [5.74, 6) is -0.294. The summed E-state index contributed by atoms with van der Waals surface area (Å²) in [6, 6.07) is 5.37. The molecule has 1 aromatic rings. The first-order valence-electron chi connectivity index (χ1n) is 7.35. The molecular weight excluding hydrogens is 282 g/mol. The lowest BCUT2D eigenvalue weighted by atomic mass is 10.1. The van der Waals surface area contributed by atoms with Gasteiger partial charge in [0, 0.05) is 30.9 Å². The molecule has 0 aliphatic heterocycles. The van der Waals surface area contributed by atoms with Crippen molar-refractivity contribution in [3.63, 3.8) is 0 Å². The van der Waals surface area contributed by atoms with E-state index in [0.29, 0.717) is 24.4 Å². The van der Waals surface area contributed by atoms with Crippen LogP contribution >= 0.6 is 0 Å². The van der Waals surface area contributed by atoms with Gasteiger partial charge >= 0.3 is 0 Å². The number of carbonyl (C=O) groups excluding carboxylic acids is 2. The Kier molecular flexibility index (Phi) is 7.56. The topological polar surface area (TPSA) is 79.5 Å². The molecule has 0 spiro atoms. The lowest BCUT2D eigenvalue weighted by Gasteiger charge is -2.12. The molecule has 0 radical (unpaired) electrons. The second-order valence-corrected chi connectivity index (χ2v) is 5.38. The SMILES string of the molecule is COCCNCC(=O)Nc1ccc(C)c(C(=O)NC(C)C)c1. The molecular formula is C16H25N3O3. The first kappa shape index (κ1) is 18.1. The van der Waals surface area contributed by atoms with Crippen LogP contribution in [-0.2, 0) is 9.53 Å². The van der Waals surface area contributed by atoms with Crippen LogP contribution in [0.3, 0.4) is 0 Å². The highest BCUT2D eigenvalue weighted by Crippen LogP contribution is 2.15. The van der Waals surface area contributed by atoms with E-state index in [1.54, 1.807) is 19.2 Å². The van der Waals surface area contributed by atoms with Crippen LogP contribution < -0.4 is 16.0 Å². The third kappa shape index (κ3) is 6.24. The maximum Gasteiger partial charge on any atom is 0.251 e. The number of carbonyl (C=O) groups is 2. The van der Waals surface area contributed by atoms with Crippen molar-refractivity contribution in [3.8, 4) is 0 Å². The fourth-order valence-electron chi connectivity index (χ4n) is 1.87. The Labute approximate surface area is 131 Å². The molecule has 1 rings (SSSR count). The van der Waals surface area contributed by atoms with Crippen molar-refractivity contribution in [3.05, 3.63) is 29.3 Å². The van der Waals surface area contributed by atoms with Crippen molar-refractivity contribution < 1.29 is 14.3 Å². The molecule has 1 aromatic carbocycles. The minimum absolute atomic E-state index is 0.0649. The van der Waals surface area contributed by atoms with Crippen LogP contribution in [0.1, 0.15) is 29.8 Å². The lowest BCUT2D eigenvalue weighted by Crippen LogP contribution is -2.31. The monoisotopic (exact) mass is 307 g/mol. The zero-order valence-electron chi connectivity index (χ0n) is 13.7. The Bertz CT molecular complexity index is 515. The molecule has 22 heavy (non-hydrogen) atoms. The zero-order valence-corrected chi connectivity index (χ0v) is 13.7. The van der Waals surface area contributed by atoms with Gasteiger partial charge in [-0.25, -0.2) is 0 Å². The summed E-state index contributed by atoms with van der Waals surface area (Å²) in [6.07, 6.45) is 0. The van der Waals surface area contributed by atoms with E-state index in [-0.39, 0.29) is 24.4 Å². The standard InChI is InChI=1S/C16H25N3O3/c1-11(2)18-16(21)14-9-13(6-5-12(14)3)19-15(20)10-17-7-8-22-4/h5-6,9,11,17H,7-8,10H2,1-4H3,(H,18,21)(H,19,20). The molecule has 0 heterocycles. The molecule has 6 nitrogen and oxygen atoms in total. The van der Waals surface area contributed by atoms with E-state index < -0.39 is 0 Å². The van der Waals surface area contributed by atoms with Gasteiger partial charge in [0.1, 0.15) is 0 Å². The van der Waals surface area contributed by atoms with Gasteiger partial charge < -0.3 is 20.7 Å². The minimum Gasteiger partial charge on any atom is -0.383 e. The van der Waals surface area contributed by atoms with Crippen LogP contribution in [0.25, 0.3) is 0 Å². The van der Waals surface area contributed by atoms with Crippen molar-refractivity contribution in [1.29, 1.82) is 0 Å². The van der Waals surface area contributed by atoms with Gasteiger partial charge in [0.2, 0.25) is 5.91 Å². The van der Waals surface area contributed by atoms with Crippen LogP contribution in [0.15, 0.2) is 18.2 Å². The molecule has 0 aliphatic rings. The van der Waals surface area contributed by atoms with Gasteiger partial charge in [0.05, 0.1) is 13.2 Å². The Morgan fingerprint density at radius 2 is 2.00 bits per heavy atom. The van der Waals surface area contributed by atoms with Crippen molar-refractivity contribution in [2.75, 3.05) is 32.1 Å². The number of ether oxygens (including phenoxy) is 1. The Hall–Kier alpha value is -1.92. The number of nitrogens with one attached hydrogen (secondary N) is 3. The van der Waals surface area contributed by atoms with Crippen molar-refractivity contribution >= 4 is 17.5 Å². The lowest BCUT2D eigenvalue weighted by molar-refractivity contribution is -0.115. The molecule has 3 N–H and O–H groups in total.